The molecule has 0 saturated carbocycles. The number of hydrogen-bond acceptors (Lipinski definition) is 4. The summed E-state index contributed by atoms with van der Waals surface area (Å²) in [6.45, 7) is 1.47. The number of aryl methyl sites for hydroxylation is 1. The monoisotopic (exact) mass is 287 g/mol. The molecule has 0 bridgehead atoms. The van der Waals surface area contributed by atoms with Gasteiger partial charge in [0.2, 0.25) is 0 Å². The molecule has 0 spiro atoms. The lowest BCUT2D eigenvalue weighted by atomic mass is 9.98. The fraction of sp³-hybridized carbons (Fsp3) is 0.538. The van der Waals surface area contributed by atoms with E-state index in [2.05, 4.69) is 6.07 Å². The first-order valence-corrected chi connectivity index (χ1v) is 7.86. The van der Waals surface area contributed by atoms with Crippen molar-refractivity contribution in [2.75, 3.05) is 18.1 Å². The van der Waals surface area contributed by atoms with E-state index in [9.17, 15) is 17.9 Å². The Balaban J connectivity index is 2.01. The fourth-order valence-electron chi connectivity index (χ4n) is 1.95. The van der Waals surface area contributed by atoms with Crippen molar-refractivity contribution in [2.24, 2.45) is 0 Å². The first-order chi connectivity index (χ1) is 8.81. The van der Waals surface area contributed by atoms with Crippen molar-refractivity contribution >= 4 is 9.84 Å². The van der Waals surface area contributed by atoms with Crippen LogP contribution in [0.2, 0.25) is 0 Å². The molecule has 1 N–H and O–H groups in total. The van der Waals surface area contributed by atoms with Crippen LogP contribution >= 0.6 is 0 Å². The van der Waals surface area contributed by atoms with E-state index in [-0.39, 0.29) is 36.7 Å². The molecule has 0 unspecified atom stereocenters. The lowest BCUT2D eigenvalue weighted by Gasteiger charge is -2.31. The van der Waals surface area contributed by atoms with E-state index in [1.165, 1.54) is 6.07 Å². The van der Waals surface area contributed by atoms with Gasteiger partial charge in [-0.2, -0.15) is 0 Å². The Morgan fingerprint density at radius 2 is 2.11 bits per heavy atom. The van der Waals surface area contributed by atoms with Crippen LogP contribution in [0.5, 0.6) is 5.75 Å². The number of hydrogen-bond donors (Lipinski definition) is 1. The number of ether oxygens (including phenoxy) is 1. The van der Waals surface area contributed by atoms with Crippen LogP contribution in [0.4, 0.5) is 4.39 Å². The summed E-state index contributed by atoms with van der Waals surface area (Å²) in [6.07, 6.45) is 0.240. The Morgan fingerprint density at radius 3 is 2.74 bits per heavy atom. The van der Waals surface area contributed by atoms with Gasteiger partial charge in [0, 0.05) is 0 Å². The summed E-state index contributed by atoms with van der Waals surface area (Å²) < 4.78 is 41.5. The Bertz CT molecular complexity index is 554. The molecule has 1 radical (unpaired) electrons. The van der Waals surface area contributed by atoms with Crippen LogP contribution in [0.3, 0.4) is 0 Å². The van der Waals surface area contributed by atoms with Crippen LogP contribution in [0, 0.1) is 18.8 Å². The van der Waals surface area contributed by atoms with Crippen LogP contribution in [0.15, 0.2) is 12.1 Å². The minimum atomic E-state index is -3.05. The number of aliphatic hydroxyl groups is 1. The zero-order chi connectivity index (χ0) is 14.1. The van der Waals surface area contributed by atoms with Gasteiger partial charge in [0.1, 0.15) is 12.2 Å². The van der Waals surface area contributed by atoms with Gasteiger partial charge in [-0.25, -0.2) is 12.8 Å². The molecule has 1 aliphatic heterocycles. The Kier molecular flexibility index (Phi) is 3.82. The SMILES string of the molecule is Cc1[c]ccc(OCC2(O)CCS(=O)(=O)CC2)c1F. The summed E-state index contributed by atoms with van der Waals surface area (Å²) >= 11 is 0. The molecule has 4 nitrogen and oxygen atoms in total. The fourth-order valence-corrected chi connectivity index (χ4v) is 3.54. The van der Waals surface area contributed by atoms with Crippen molar-refractivity contribution in [3.63, 3.8) is 0 Å². The highest BCUT2D eigenvalue weighted by Gasteiger charge is 2.36. The number of benzene rings is 1. The largest absolute Gasteiger partial charge is 0.488 e. The molecular formula is C13H16FO4S. The molecule has 1 heterocycles. The summed E-state index contributed by atoms with van der Waals surface area (Å²) in [6, 6.07) is 5.68. The highest BCUT2D eigenvalue weighted by atomic mass is 32.2. The van der Waals surface area contributed by atoms with Gasteiger partial charge in [-0.15, -0.1) is 0 Å². The number of halogens is 1. The zero-order valence-electron chi connectivity index (χ0n) is 10.6. The van der Waals surface area contributed by atoms with Gasteiger partial charge >= 0.3 is 0 Å². The number of sulfone groups is 1. The van der Waals surface area contributed by atoms with Gasteiger partial charge in [0.05, 0.1) is 11.5 Å². The topological polar surface area (TPSA) is 63.6 Å². The third kappa shape index (κ3) is 3.45. The Labute approximate surface area is 112 Å². The van der Waals surface area contributed by atoms with Crippen molar-refractivity contribution < 1.29 is 22.7 Å². The standard InChI is InChI=1S/C13H16FO4S/c1-10-3-2-4-11(12(10)14)18-9-13(15)5-7-19(16,17)8-6-13/h2,4,15H,5-9H2,1H3. The van der Waals surface area contributed by atoms with Gasteiger partial charge in [0.15, 0.2) is 21.4 Å². The van der Waals surface area contributed by atoms with E-state index < -0.39 is 21.3 Å². The average molecular weight is 287 g/mol. The quantitative estimate of drug-likeness (QED) is 0.909. The third-order valence-corrected chi connectivity index (χ3v) is 4.99. The van der Waals surface area contributed by atoms with Crippen LogP contribution in [0.1, 0.15) is 18.4 Å². The maximum atomic E-state index is 13.7. The zero-order valence-corrected chi connectivity index (χ0v) is 11.5. The van der Waals surface area contributed by atoms with E-state index in [0.29, 0.717) is 5.56 Å². The molecule has 0 atom stereocenters. The van der Waals surface area contributed by atoms with Crippen LogP contribution in [-0.2, 0) is 9.84 Å². The predicted octanol–water partition coefficient (Wildman–Crippen LogP) is 1.25. The Hall–Kier alpha value is -1.14. The maximum absolute atomic E-state index is 13.7. The van der Waals surface area contributed by atoms with Gasteiger partial charge in [-0.3, -0.25) is 0 Å². The smallest absolute Gasteiger partial charge is 0.168 e. The third-order valence-electron chi connectivity index (χ3n) is 3.33. The maximum Gasteiger partial charge on any atom is 0.168 e. The molecule has 1 aromatic carbocycles. The molecular weight excluding hydrogens is 271 g/mol. The summed E-state index contributed by atoms with van der Waals surface area (Å²) in [7, 11) is -3.05. The Morgan fingerprint density at radius 1 is 1.47 bits per heavy atom. The summed E-state index contributed by atoms with van der Waals surface area (Å²) in [5, 5.41) is 10.2. The van der Waals surface area contributed by atoms with Crippen molar-refractivity contribution in [1.29, 1.82) is 0 Å². The second-order valence-corrected chi connectivity index (χ2v) is 7.25. The lowest BCUT2D eigenvalue weighted by molar-refractivity contribution is -0.0138. The molecule has 6 heteroatoms. The van der Waals surface area contributed by atoms with Crippen LogP contribution < -0.4 is 4.74 Å². The lowest BCUT2D eigenvalue weighted by Crippen LogP contribution is -2.43. The van der Waals surface area contributed by atoms with Crippen molar-refractivity contribution in [1.82, 2.24) is 0 Å². The summed E-state index contributed by atoms with van der Waals surface area (Å²) in [5.41, 5.74) is -0.860. The molecule has 1 aliphatic rings. The molecule has 105 valence electrons. The van der Waals surface area contributed by atoms with Crippen molar-refractivity contribution in [3.8, 4) is 5.75 Å². The van der Waals surface area contributed by atoms with Gasteiger partial charge in [0.25, 0.3) is 0 Å². The summed E-state index contributed by atoms with van der Waals surface area (Å²) in [5.74, 6) is -0.568. The molecule has 0 aromatic heterocycles. The first kappa shape index (κ1) is 14.3. The minimum absolute atomic E-state index is 0.0538. The summed E-state index contributed by atoms with van der Waals surface area (Å²) in [4.78, 5) is 0. The van der Waals surface area contributed by atoms with Crippen molar-refractivity contribution in [3.05, 3.63) is 29.6 Å². The highest BCUT2D eigenvalue weighted by Crippen LogP contribution is 2.26. The molecule has 1 fully saturated rings. The van der Waals surface area contributed by atoms with Gasteiger partial charge < -0.3 is 9.84 Å². The van der Waals surface area contributed by atoms with Gasteiger partial charge in [-0.05, 0) is 37.5 Å². The highest BCUT2D eigenvalue weighted by molar-refractivity contribution is 7.91. The molecule has 1 aromatic rings. The normalized spacial score (nSPS) is 21.0. The average Bonchev–Trinajstić information content (AvgIpc) is 2.36. The molecule has 0 amide bonds. The number of rotatable bonds is 3. The molecule has 19 heavy (non-hydrogen) atoms. The predicted molar refractivity (Wildman–Crippen MR) is 68.3 cm³/mol. The van der Waals surface area contributed by atoms with Crippen LogP contribution in [-0.4, -0.2) is 37.2 Å². The van der Waals surface area contributed by atoms with E-state index in [0.717, 1.165) is 0 Å². The second kappa shape index (κ2) is 5.09. The van der Waals surface area contributed by atoms with Gasteiger partial charge in [-0.1, -0.05) is 6.07 Å². The van der Waals surface area contributed by atoms with E-state index in [1.54, 1.807) is 13.0 Å². The molecule has 2 rings (SSSR count). The van der Waals surface area contributed by atoms with E-state index >= 15 is 0 Å². The van der Waals surface area contributed by atoms with Crippen LogP contribution in [0.25, 0.3) is 0 Å². The van der Waals surface area contributed by atoms with Crippen molar-refractivity contribution in [2.45, 2.75) is 25.4 Å². The second-order valence-electron chi connectivity index (χ2n) is 4.95. The minimum Gasteiger partial charge on any atom is -0.488 e. The van der Waals surface area contributed by atoms with E-state index in [4.69, 9.17) is 4.74 Å². The molecule has 1 saturated heterocycles. The first-order valence-electron chi connectivity index (χ1n) is 6.04. The molecule has 0 aliphatic carbocycles. The van der Waals surface area contributed by atoms with E-state index in [1.807, 2.05) is 0 Å².